The van der Waals surface area contributed by atoms with Crippen molar-refractivity contribution in [2.24, 2.45) is 34.5 Å². The Morgan fingerprint density at radius 3 is 2.51 bits per heavy atom. The van der Waals surface area contributed by atoms with Crippen LogP contribution in [0.25, 0.3) is 0 Å². The number of rotatable bonds is 9. The topological polar surface area (TPSA) is 116 Å². The first-order valence-electron chi connectivity index (χ1n) is 16.2. The number of esters is 1. The van der Waals surface area contributed by atoms with Crippen LogP contribution in [0.3, 0.4) is 0 Å². The summed E-state index contributed by atoms with van der Waals surface area (Å²) in [6.07, 6.45) is 11.0. The lowest BCUT2D eigenvalue weighted by molar-refractivity contribution is -0.187. The van der Waals surface area contributed by atoms with Crippen LogP contribution in [0.15, 0.2) is 23.8 Å². The molecule has 0 aromatic rings. The van der Waals surface area contributed by atoms with Gasteiger partial charge in [-0.1, -0.05) is 65.0 Å². The second-order valence-corrected chi connectivity index (χ2v) is 14.7. The Bertz CT molecular complexity index is 1200. The van der Waals surface area contributed by atoms with Crippen LogP contribution >= 0.6 is 11.6 Å². The zero-order valence-corrected chi connectivity index (χ0v) is 26.8. The Hall–Kier alpha value is -2.19. The second kappa shape index (κ2) is 12.0. The van der Waals surface area contributed by atoms with E-state index in [-0.39, 0.29) is 37.1 Å². The SMILES string of the molecule is CCCOC(=O)O[C@]1(C(=O)COC(=O)CCC2CCCC2)[C@H](C)C[C@H]2[C@@H]3CCC4=CC(=O)C=C[C@]4(C)[C@@]3(Cl)C(O)C[C@@]21C. The van der Waals surface area contributed by atoms with E-state index in [9.17, 15) is 24.3 Å². The number of aliphatic hydroxyl groups is 1. The number of alkyl halides is 1. The Morgan fingerprint density at radius 1 is 1.09 bits per heavy atom. The molecule has 5 aliphatic carbocycles. The molecule has 43 heavy (non-hydrogen) atoms. The van der Waals surface area contributed by atoms with Crippen molar-refractivity contribution in [1.82, 2.24) is 0 Å². The van der Waals surface area contributed by atoms with Gasteiger partial charge in [0.25, 0.3) is 0 Å². The number of ketones is 2. The van der Waals surface area contributed by atoms with Crippen molar-refractivity contribution in [3.05, 3.63) is 23.8 Å². The average Bonchev–Trinajstić information content (AvgIpc) is 3.56. The average molecular weight is 619 g/mol. The van der Waals surface area contributed by atoms with E-state index in [0.29, 0.717) is 31.6 Å². The molecule has 0 amide bonds. The van der Waals surface area contributed by atoms with Crippen molar-refractivity contribution in [2.45, 2.75) is 115 Å². The van der Waals surface area contributed by atoms with Crippen molar-refractivity contribution >= 4 is 35.3 Å². The van der Waals surface area contributed by atoms with E-state index in [0.717, 1.165) is 24.8 Å². The van der Waals surface area contributed by atoms with Gasteiger partial charge in [-0.05, 0) is 68.4 Å². The van der Waals surface area contributed by atoms with Crippen molar-refractivity contribution in [1.29, 1.82) is 0 Å². The summed E-state index contributed by atoms with van der Waals surface area (Å²) < 4.78 is 16.9. The number of fused-ring (bicyclic) bond motifs is 5. The van der Waals surface area contributed by atoms with Crippen LogP contribution in [-0.2, 0) is 28.6 Å². The summed E-state index contributed by atoms with van der Waals surface area (Å²) in [6.45, 7) is 7.26. The summed E-state index contributed by atoms with van der Waals surface area (Å²) in [7, 11) is 0. The molecule has 0 aromatic carbocycles. The second-order valence-electron chi connectivity index (χ2n) is 14.1. The monoisotopic (exact) mass is 618 g/mol. The van der Waals surface area contributed by atoms with Gasteiger partial charge < -0.3 is 19.3 Å². The molecule has 0 heterocycles. The van der Waals surface area contributed by atoms with E-state index >= 15 is 0 Å². The predicted molar refractivity (Wildman–Crippen MR) is 160 cm³/mol. The van der Waals surface area contributed by atoms with Crippen molar-refractivity contribution < 1.29 is 38.5 Å². The first-order chi connectivity index (χ1) is 20.3. The van der Waals surface area contributed by atoms with Crippen molar-refractivity contribution in [3.63, 3.8) is 0 Å². The molecular weight excluding hydrogens is 572 g/mol. The lowest BCUT2D eigenvalue weighted by atomic mass is 9.45. The van der Waals surface area contributed by atoms with Crippen LogP contribution in [-0.4, -0.2) is 58.6 Å². The summed E-state index contributed by atoms with van der Waals surface area (Å²) in [5, 5.41) is 12.0. The summed E-state index contributed by atoms with van der Waals surface area (Å²) >= 11 is 7.56. The van der Waals surface area contributed by atoms with Crippen LogP contribution in [0, 0.1) is 34.5 Å². The lowest BCUT2D eigenvalue weighted by Crippen LogP contribution is -2.69. The van der Waals surface area contributed by atoms with Crippen molar-refractivity contribution in [3.8, 4) is 0 Å². The molecule has 1 unspecified atom stereocenters. The molecule has 5 rings (SSSR count). The molecule has 8 nitrogen and oxygen atoms in total. The van der Waals surface area contributed by atoms with Crippen LogP contribution in [0.4, 0.5) is 4.79 Å². The minimum Gasteiger partial charge on any atom is -0.457 e. The molecular formula is C34H47ClO8. The Labute approximate surface area is 259 Å². The predicted octanol–water partition coefficient (Wildman–Crippen LogP) is 6.26. The summed E-state index contributed by atoms with van der Waals surface area (Å²) in [6, 6.07) is 0. The fourth-order valence-electron chi connectivity index (χ4n) is 9.69. The maximum Gasteiger partial charge on any atom is 0.509 e. The Morgan fingerprint density at radius 2 is 1.81 bits per heavy atom. The van der Waals surface area contributed by atoms with E-state index in [2.05, 4.69) is 0 Å². The van der Waals surface area contributed by atoms with Crippen LogP contribution in [0.1, 0.15) is 98.3 Å². The zero-order chi connectivity index (χ0) is 31.2. The third-order valence-corrected chi connectivity index (χ3v) is 12.8. The number of hydrogen-bond acceptors (Lipinski definition) is 8. The van der Waals surface area contributed by atoms with Gasteiger partial charge >= 0.3 is 12.1 Å². The van der Waals surface area contributed by atoms with Gasteiger partial charge in [-0.25, -0.2) is 4.79 Å². The summed E-state index contributed by atoms with van der Waals surface area (Å²) in [5.41, 5.74) is -2.52. The molecule has 0 bridgehead atoms. The minimum absolute atomic E-state index is 0.0859. The molecule has 8 atom stereocenters. The highest BCUT2D eigenvalue weighted by Crippen LogP contribution is 2.72. The molecule has 5 aliphatic rings. The van der Waals surface area contributed by atoms with Gasteiger partial charge in [0, 0.05) is 23.2 Å². The van der Waals surface area contributed by atoms with Gasteiger partial charge in [0.1, 0.15) is 0 Å². The van der Waals surface area contributed by atoms with Gasteiger partial charge in [-0.15, -0.1) is 11.6 Å². The number of ether oxygens (including phenoxy) is 3. The van der Waals surface area contributed by atoms with E-state index in [4.69, 9.17) is 25.8 Å². The smallest absolute Gasteiger partial charge is 0.457 e. The van der Waals surface area contributed by atoms with E-state index < -0.39 is 57.8 Å². The lowest BCUT2D eigenvalue weighted by Gasteiger charge is -2.64. The number of carbonyl (C=O) groups excluding carboxylic acids is 4. The number of hydrogen-bond donors (Lipinski definition) is 1. The number of Topliss-reactive ketones (excluding diaryl/α,β-unsaturated/α-hetero) is 1. The summed E-state index contributed by atoms with van der Waals surface area (Å²) in [5.74, 6) is -1.35. The molecule has 4 saturated carbocycles. The molecule has 0 saturated heterocycles. The minimum atomic E-state index is -1.68. The van der Waals surface area contributed by atoms with Crippen LogP contribution in [0.2, 0.25) is 0 Å². The number of halogens is 1. The van der Waals surface area contributed by atoms with Gasteiger partial charge in [-0.3, -0.25) is 14.4 Å². The molecule has 238 valence electrons. The third kappa shape index (κ3) is 5.08. The molecule has 0 aromatic heterocycles. The van der Waals surface area contributed by atoms with Gasteiger partial charge in [0.05, 0.1) is 17.6 Å². The maximum atomic E-state index is 14.3. The number of aliphatic hydroxyl groups excluding tert-OH is 1. The first kappa shape index (κ1) is 32.2. The molecule has 0 spiro atoms. The van der Waals surface area contributed by atoms with E-state index in [1.54, 1.807) is 6.08 Å². The molecule has 9 heteroatoms. The molecule has 1 N–H and O–H groups in total. The largest absolute Gasteiger partial charge is 0.509 e. The van der Waals surface area contributed by atoms with E-state index in [1.807, 2.05) is 33.8 Å². The Balaban J connectivity index is 1.45. The fourth-order valence-corrected chi connectivity index (χ4v) is 10.2. The number of allylic oxidation sites excluding steroid dienone is 4. The quantitative estimate of drug-likeness (QED) is 0.238. The standard InChI is InChI=1S/C34H47ClO8/c1-5-16-41-30(40)43-34(28(38)20-42-29(39)13-10-22-8-6-7-9-22)21(2)17-26-25-12-11-23-18-24(36)14-15-31(23,3)33(25,35)27(37)19-32(26,34)4/h14-15,18,21-22,25-27,37H,5-13,16-17,19-20H2,1-4H3/t21-,25+,26+,27?,31+,32+,33+,34+/m1/s1. The van der Waals surface area contributed by atoms with E-state index in [1.165, 1.54) is 18.9 Å². The third-order valence-electron chi connectivity index (χ3n) is 11.9. The molecule has 4 fully saturated rings. The highest BCUT2D eigenvalue weighted by atomic mass is 35.5. The maximum absolute atomic E-state index is 14.3. The van der Waals surface area contributed by atoms with Gasteiger partial charge in [0.15, 0.2) is 18.0 Å². The van der Waals surface area contributed by atoms with Gasteiger partial charge in [0.2, 0.25) is 5.78 Å². The fraction of sp³-hybridized carbons (Fsp3) is 0.765. The van der Waals surface area contributed by atoms with Crippen LogP contribution < -0.4 is 0 Å². The van der Waals surface area contributed by atoms with Crippen LogP contribution in [0.5, 0.6) is 0 Å². The number of carbonyl (C=O) groups is 4. The highest BCUT2D eigenvalue weighted by molar-refractivity contribution is 6.26. The van der Waals surface area contributed by atoms with Gasteiger partial charge in [-0.2, -0.15) is 0 Å². The highest BCUT2D eigenvalue weighted by Gasteiger charge is 2.76. The zero-order valence-electron chi connectivity index (χ0n) is 26.0. The van der Waals surface area contributed by atoms with Crippen molar-refractivity contribution in [2.75, 3.05) is 13.2 Å². The normalized spacial score (nSPS) is 40.2. The summed E-state index contributed by atoms with van der Waals surface area (Å²) in [4.78, 5) is 51.2. The Kier molecular flexibility index (Phi) is 8.96. The molecule has 0 aliphatic heterocycles. The molecule has 0 radical (unpaired) electrons. The first-order valence-corrected chi connectivity index (χ1v) is 16.6.